The van der Waals surface area contributed by atoms with Gasteiger partial charge in [-0.15, -0.1) is 0 Å². The summed E-state index contributed by atoms with van der Waals surface area (Å²) in [6, 6.07) is 0. The second-order valence-corrected chi connectivity index (χ2v) is 6.99. The first-order valence-electron chi connectivity index (χ1n) is 10.8. The molecular weight excluding hydrogens is 624 g/mol. The highest BCUT2D eigenvalue weighted by atomic mass is 16.4. The van der Waals surface area contributed by atoms with E-state index in [4.69, 9.17) is 71.5 Å². The van der Waals surface area contributed by atoms with Gasteiger partial charge in [0.05, 0.1) is 38.5 Å². The molecule has 0 fully saturated rings. The Balaban J connectivity index is -0.000000145. The van der Waals surface area contributed by atoms with Crippen LogP contribution in [0.15, 0.2) is 0 Å². The number of aliphatic hydroxyl groups is 4. The number of rotatable bonds is 15. The zero-order valence-corrected chi connectivity index (χ0v) is 21.9. The van der Waals surface area contributed by atoms with Crippen LogP contribution in [0.5, 0.6) is 0 Å². The monoisotopic (exact) mass is 654 g/mol. The van der Waals surface area contributed by atoms with Gasteiger partial charge in [0.15, 0.2) is 24.4 Å². The zero-order chi connectivity index (χ0) is 36.3. The molecule has 0 saturated heterocycles. The average Bonchev–Trinajstić information content (AvgIpc) is 2.88. The van der Waals surface area contributed by atoms with E-state index in [0.29, 0.717) is 0 Å². The lowest BCUT2D eigenvalue weighted by Gasteiger charge is -2.07. The minimum absolute atomic E-state index is 0.296. The summed E-state index contributed by atoms with van der Waals surface area (Å²) in [7, 11) is 0. The minimum atomic E-state index is -2.27. The molecule has 0 aliphatic rings. The van der Waals surface area contributed by atoms with Crippen LogP contribution in [0.2, 0.25) is 0 Å². The van der Waals surface area contributed by atoms with Crippen LogP contribution in [0.3, 0.4) is 0 Å². The Hall–Kier alpha value is -5.46. The number of aliphatic carboxylic acids is 10. The van der Waals surface area contributed by atoms with Crippen molar-refractivity contribution >= 4 is 59.7 Å². The van der Waals surface area contributed by atoms with Crippen molar-refractivity contribution in [2.24, 2.45) is 0 Å². The van der Waals surface area contributed by atoms with Crippen LogP contribution in [-0.2, 0) is 47.9 Å². The Morgan fingerprint density at radius 3 is 0.409 bits per heavy atom. The summed E-state index contributed by atoms with van der Waals surface area (Å²) < 4.78 is 0. The molecule has 0 aromatic carbocycles. The maximum atomic E-state index is 9.77. The van der Waals surface area contributed by atoms with Gasteiger partial charge in [0.2, 0.25) is 0 Å². The van der Waals surface area contributed by atoms with Crippen molar-refractivity contribution in [3.8, 4) is 0 Å². The van der Waals surface area contributed by atoms with Crippen molar-refractivity contribution in [3.05, 3.63) is 0 Å². The van der Waals surface area contributed by atoms with E-state index in [-0.39, 0.29) is 38.5 Å². The van der Waals surface area contributed by atoms with E-state index in [1.54, 1.807) is 0 Å². The number of hydrogen-bond acceptors (Lipinski definition) is 14. The topological polar surface area (TPSA) is 454 Å². The lowest BCUT2D eigenvalue weighted by Crippen LogP contribution is -2.39. The third-order valence-corrected chi connectivity index (χ3v) is 3.27. The molecule has 0 radical (unpaired) electrons. The number of carbonyl (C=O) groups is 10. The molecular formula is C20H30O24. The number of hydrogen-bond donors (Lipinski definition) is 14. The molecule has 0 rings (SSSR count). The third-order valence-electron chi connectivity index (χ3n) is 3.27. The smallest absolute Gasteiger partial charge is 0.335 e. The maximum Gasteiger partial charge on any atom is 0.335 e. The zero-order valence-electron chi connectivity index (χ0n) is 21.9. The molecule has 254 valence electrons. The highest BCUT2D eigenvalue weighted by molar-refractivity contribution is 5.83. The van der Waals surface area contributed by atoms with Crippen LogP contribution in [0.4, 0.5) is 0 Å². The fourth-order valence-corrected chi connectivity index (χ4v) is 1.18. The maximum absolute atomic E-state index is 9.77. The molecule has 0 saturated carbocycles. The van der Waals surface area contributed by atoms with Gasteiger partial charge >= 0.3 is 59.7 Å². The number of carboxylic acid groups (broad SMARTS) is 10. The van der Waals surface area contributed by atoms with Crippen molar-refractivity contribution in [2.75, 3.05) is 0 Å². The van der Waals surface area contributed by atoms with Gasteiger partial charge in [-0.2, -0.15) is 0 Å². The van der Waals surface area contributed by atoms with E-state index in [1.807, 2.05) is 0 Å². The molecule has 14 N–H and O–H groups in total. The van der Waals surface area contributed by atoms with Gasteiger partial charge in [0, 0.05) is 0 Å². The number of carboxylic acids is 10. The molecule has 4 atom stereocenters. The molecule has 0 heterocycles. The molecule has 0 amide bonds. The third kappa shape index (κ3) is 41.0. The number of aliphatic hydroxyl groups excluding tert-OH is 4. The molecule has 44 heavy (non-hydrogen) atoms. The van der Waals surface area contributed by atoms with Crippen LogP contribution < -0.4 is 0 Å². The Labute approximate surface area is 242 Å². The highest BCUT2D eigenvalue weighted by Gasteiger charge is 2.30. The van der Waals surface area contributed by atoms with Crippen LogP contribution in [-0.4, -0.2) is 156 Å². The molecule has 0 bridgehead atoms. The summed E-state index contributed by atoms with van der Waals surface area (Å²) >= 11 is 0. The van der Waals surface area contributed by atoms with Crippen molar-refractivity contribution < 1.29 is 119 Å². The standard InChI is InChI=1S/2C4H6O6.3C4H6O4/c2*5-1(3(7)8)2(6)4(9)10;3*5-3(6)1-2-4(7)8/h2*1-2,5-6H,(H,7,8)(H,9,10);3*1-2H2,(H,5,6)(H,7,8). The molecule has 0 aromatic rings. The summed E-state index contributed by atoms with van der Waals surface area (Å²) in [5.41, 5.74) is 0. The van der Waals surface area contributed by atoms with E-state index in [2.05, 4.69) is 0 Å². The highest BCUT2D eigenvalue weighted by Crippen LogP contribution is 1.93. The van der Waals surface area contributed by atoms with E-state index >= 15 is 0 Å². The first-order chi connectivity index (χ1) is 19.8. The predicted octanol–water partition coefficient (Wildman–Crippen LogP) is -4.44. The predicted molar refractivity (Wildman–Crippen MR) is 128 cm³/mol. The molecule has 0 spiro atoms. The summed E-state index contributed by atoms with van der Waals surface area (Å²) in [6.45, 7) is 0. The van der Waals surface area contributed by atoms with Crippen molar-refractivity contribution in [2.45, 2.75) is 62.9 Å². The van der Waals surface area contributed by atoms with Crippen molar-refractivity contribution in [1.29, 1.82) is 0 Å². The summed E-state index contributed by atoms with van der Waals surface area (Å²) in [5, 5.41) is 112. The second kappa shape index (κ2) is 27.7. The lowest BCUT2D eigenvalue weighted by atomic mass is 10.2. The summed E-state index contributed by atoms with van der Waals surface area (Å²) in [5.74, 6) is -13.5. The van der Waals surface area contributed by atoms with E-state index < -0.39 is 84.1 Å². The molecule has 0 aliphatic carbocycles. The van der Waals surface area contributed by atoms with Crippen molar-refractivity contribution in [1.82, 2.24) is 0 Å². The Morgan fingerprint density at radius 1 is 0.273 bits per heavy atom. The first-order valence-corrected chi connectivity index (χ1v) is 10.8. The van der Waals surface area contributed by atoms with Gasteiger partial charge in [0.1, 0.15) is 0 Å². The fraction of sp³-hybridized carbons (Fsp3) is 0.500. The van der Waals surface area contributed by atoms with Crippen LogP contribution >= 0.6 is 0 Å². The Kier molecular flexibility index (Phi) is 30.4. The fourth-order valence-electron chi connectivity index (χ4n) is 1.18. The van der Waals surface area contributed by atoms with Crippen LogP contribution in [0, 0.1) is 0 Å². The summed E-state index contributed by atoms with van der Waals surface area (Å²) in [6.07, 6.45) is -10.8. The van der Waals surface area contributed by atoms with Crippen LogP contribution in [0.1, 0.15) is 38.5 Å². The van der Waals surface area contributed by atoms with Gasteiger partial charge in [0.25, 0.3) is 0 Å². The van der Waals surface area contributed by atoms with E-state index in [9.17, 15) is 47.9 Å². The molecule has 24 heteroatoms. The molecule has 24 nitrogen and oxygen atoms in total. The first kappa shape index (κ1) is 48.3. The lowest BCUT2D eigenvalue weighted by molar-refractivity contribution is -0.165. The quantitative estimate of drug-likeness (QED) is 0.0791. The second-order valence-electron chi connectivity index (χ2n) is 6.99. The average molecular weight is 654 g/mol. The van der Waals surface area contributed by atoms with Gasteiger partial charge in [-0.25, -0.2) is 19.2 Å². The molecule has 0 aromatic heterocycles. The van der Waals surface area contributed by atoms with E-state index in [1.165, 1.54) is 0 Å². The van der Waals surface area contributed by atoms with Gasteiger partial charge in [-0.05, 0) is 0 Å². The normalized spacial score (nSPS) is 11.8. The molecule has 4 unspecified atom stereocenters. The Morgan fingerprint density at radius 2 is 0.364 bits per heavy atom. The van der Waals surface area contributed by atoms with E-state index in [0.717, 1.165) is 0 Å². The Bertz CT molecular complexity index is 804. The summed E-state index contributed by atoms with van der Waals surface area (Å²) in [4.78, 5) is 96.9. The minimum Gasteiger partial charge on any atom is -0.481 e. The molecule has 0 aliphatic heterocycles. The van der Waals surface area contributed by atoms with Crippen LogP contribution in [0.25, 0.3) is 0 Å². The largest absolute Gasteiger partial charge is 0.481 e. The van der Waals surface area contributed by atoms with Gasteiger partial charge < -0.3 is 71.5 Å². The van der Waals surface area contributed by atoms with Gasteiger partial charge in [-0.3, -0.25) is 28.8 Å². The van der Waals surface area contributed by atoms with Crippen molar-refractivity contribution in [3.63, 3.8) is 0 Å². The SMILES string of the molecule is O=C(O)C(O)C(O)C(=O)O.O=C(O)C(O)C(O)C(=O)O.O=C(O)CCC(=O)O.O=C(O)CCC(=O)O.O=C(O)CCC(=O)O. The van der Waals surface area contributed by atoms with Gasteiger partial charge in [-0.1, -0.05) is 0 Å².